The highest BCUT2D eigenvalue weighted by atomic mass is 32.2. The topological polar surface area (TPSA) is 64.1 Å². The van der Waals surface area contributed by atoms with Gasteiger partial charge < -0.3 is 10.1 Å². The zero-order valence-electron chi connectivity index (χ0n) is 10.8. The lowest BCUT2D eigenvalue weighted by Gasteiger charge is -2.02. The third kappa shape index (κ3) is 3.10. The normalized spacial score (nSPS) is 18.1. The van der Waals surface area contributed by atoms with Crippen molar-refractivity contribution < 1.29 is 9.53 Å². The first-order valence-electron chi connectivity index (χ1n) is 6.21. The summed E-state index contributed by atoms with van der Waals surface area (Å²) in [5.41, 5.74) is 2.17. The number of aromatic nitrogens is 2. The number of ether oxygens (including phenoxy) is 1. The summed E-state index contributed by atoms with van der Waals surface area (Å²) >= 11 is 2.87. The van der Waals surface area contributed by atoms with Gasteiger partial charge in [0.1, 0.15) is 5.25 Å². The number of rotatable bonds is 4. The van der Waals surface area contributed by atoms with Crippen LogP contribution in [0.3, 0.4) is 0 Å². The minimum Gasteiger partial charge on any atom is -0.465 e. The van der Waals surface area contributed by atoms with Gasteiger partial charge >= 0.3 is 5.97 Å². The van der Waals surface area contributed by atoms with E-state index < -0.39 is 0 Å². The van der Waals surface area contributed by atoms with Crippen LogP contribution in [0.2, 0.25) is 0 Å². The molecule has 0 radical (unpaired) electrons. The van der Waals surface area contributed by atoms with Gasteiger partial charge in [-0.05, 0) is 24.6 Å². The highest BCUT2D eigenvalue weighted by molar-refractivity contribution is 8.02. The summed E-state index contributed by atoms with van der Waals surface area (Å²) in [5, 5.41) is 12.0. The summed E-state index contributed by atoms with van der Waals surface area (Å²) in [6.07, 6.45) is 0.740. The number of carbonyl (C=O) groups excluding carboxylic acids is 1. The van der Waals surface area contributed by atoms with Crippen molar-refractivity contribution in [3.8, 4) is 0 Å². The Bertz CT molecular complexity index is 630. The van der Waals surface area contributed by atoms with Crippen LogP contribution in [0.5, 0.6) is 0 Å². The van der Waals surface area contributed by atoms with Crippen molar-refractivity contribution in [2.75, 3.05) is 11.9 Å². The van der Waals surface area contributed by atoms with Crippen molar-refractivity contribution in [2.24, 2.45) is 0 Å². The third-order valence-electron chi connectivity index (χ3n) is 2.81. The molecule has 2 aromatic rings. The second-order valence-corrected chi connectivity index (χ2v) is 6.86. The zero-order valence-corrected chi connectivity index (χ0v) is 12.5. The van der Waals surface area contributed by atoms with Gasteiger partial charge in [-0.1, -0.05) is 35.2 Å². The van der Waals surface area contributed by atoms with Gasteiger partial charge in [0.2, 0.25) is 5.13 Å². The number of nitrogens with zero attached hydrogens (tertiary/aromatic N) is 2. The van der Waals surface area contributed by atoms with Gasteiger partial charge in [0, 0.05) is 12.1 Å². The Hall–Kier alpha value is -1.60. The maximum absolute atomic E-state index is 11.4. The van der Waals surface area contributed by atoms with Gasteiger partial charge in [-0.25, -0.2) is 0 Å². The zero-order chi connectivity index (χ0) is 13.9. The molecule has 1 aliphatic heterocycles. The van der Waals surface area contributed by atoms with E-state index in [1.165, 1.54) is 28.7 Å². The van der Waals surface area contributed by atoms with E-state index in [4.69, 9.17) is 4.74 Å². The number of esters is 1. The lowest BCUT2D eigenvalue weighted by molar-refractivity contribution is -0.137. The fourth-order valence-electron chi connectivity index (χ4n) is 1.86. The number of carbonyl (C=O) groups is 1. The third-order valence-corrected chi connectivity index (χ3v) is 4.97. The highest BCUT2D eigenvalue weighted by Crippen LogP contribution is 2.33. The summed E-state index contributed by atoms with van der Waals surface area (Å²) in [5.74, 6) is -0.154. The lowest BCUT2D eigenvalue weighted by Crippen LogP contribution is -2.08. The van der Waals surface area contributed by atoms with Crippen molar-refractivity contribution in [1.82, 2.24) is 10.2 Å². The molecular formula is C13H13N3O2S2. The van der Waals surface area contributed by atoms with Crippen molar-refractivity contribution in [1.29, 1.82) is 0 Å². The van der Waals surface area contributed by atoms with Crippen LogP contribution < -0.4 is 5.32 Å². The van der Waals surface area contributed by atoms with Gasteiger partial charge in [0.15, 0.2) is 4.34 Å². The van der Waals surface area contributed by atoms with Crippen molar-refractivity contribution in [3.05, 3.63) is 29.8 Å². The molecule has 0 aliphatic carbocycles. The number of cyclic esters (lactones) is 1. The highest BCUT2D eigenvalue weighted by Gasteiger charge is 2.28. The van der Waals surface area contributed by atoms with Crippen molar-refractivity contribution in [3.63, 3.8) is 0 Å². The smallest absolute Gasteiger partial charge is 0.319 e. The molecule has 1 saturated heterocycles. The molecular weight excluding hydrogens is 294 g/mol. The molecule has 5 nitrogen and oxygen atoms in total. The predicted molar refractivity (Wildman–Crippen MR) is 79.6 cm³/mol. The number of hydrogen-bond acceptors (Lipinski definition) is 7. The van der Waals surface area contributed by atoms with Crippen molar-refractivity contribution in [2.45, 2.75) is 22.9 Å². The summed E-state index contributed by atoms with van der Waals surface area (Å²) in [7, 11) is 0. The van der Waals surface area contributed by atoms with Crippen LogP contribution in [0.15, 0.2) is 28.6 Å². The van der Waals surface area contributed by atoms with Crippen LogP contribution in [0.4, 0.5) is 10.8 Å². The SMILES string of the molecule is Cc1cccc(Nc2nnc(SC3CCOC3=O)s2)c1. The number of thioether (sulfide) groups is 1. The number of nitrogens with one attached hydrogen (secondary N) is 1. The van der Waals surface area contributed by atoms with Crippen LogP contribution >= 0.6 is 23.1 Å². The Morgan fingerprint density at radius 2 is 2.35 bits per heavy atom. The quantitative estimate of drug-likeness (QED) is 0.876. The molecule has 7 heteroatoms. The van der Waals surface area contributed by atoms with E-state index in [0.717, 1.165) is 21.6 Å². The van der Waals surface area contributed by atoms with Crippen LogP contribution in [0.1, 0.15) is 12.0 Å². The second kappa shape index (κ2) is 5.80. The maximum atomic E-state index is 11.4. The van der Waals surface area contributed by atoms with Gasteiger partial charge in [-0.2, -0.15) is 0 Å². The number of aryl methyl sites for hydroxylation is 1. The molecule has 1 unspecified atom stereocenters. The molecule has 1 fully saturated rings. The molecule has 3 rings (SSSR count). The van der Waals surface area contributed by atoms with Crippen LogP contribution in [-0.2, 0) is 9.53 Å². The summed E-state index contributed by atoms with van der Waals surface area (Å²) < 4.78 is 5.72. The molecule has 20 heavy (non-hydrogen) atoms. The molecule has 1 N–H and O–H groups in total. The molecule has 1 atom stereocenters. The van der Waals surface area contributed by atoms with Gasteiger partial charge in [0.05, 0.1) is 6.61 Å². The Balaban J connectivity index is 1.66. The van der Waals surface area contributed by atoms with E-state index in [1.54, 1.807) is 0 Å². The van der Waals surface area contributed by atoms with Crippen molar-refractivity contribution >= 4 is 39.9 Å². The average molecular weight is 307 g/mol. The van der Waals surface area contributed by atoms with Crippen LogP contribution in [-0.4, -0.2) is 28.0 Å². The number of anilines is 2. The Kier molecular flexibility index (Phi) is 3.88. The fraction of sp³-hybridized carbons (Fsp3) is 0.308. The predicted octanol–water partition coefficient (Wildman–Crippen LogP) is 3.00. The molecule has 0 spiro atoms. The van der Waals surface area contributed by atoms with Crippen LogP contribution in [0, 0.1) is 6.92 Å². The minimum absolute atomic E-state index is 0.144. The summed E-state index contributed by atoms with van der Waals surface area (Å²) in [4.78, 5) is 11.4. The minimum atomic E-state index is -0.154. The first-order valence-corrected chi connectivity index (χ1v) is 7.91. The Morgan fingerprint density at radius 1 is 1.45 bits per heavy atom. The molecule has 1 aliphatic rings. The first kappa shape index (κ1) is 13.4. The standard InChI is InChI=1S/C13H13N3O2S2/c1-8-3-2-4-9(7-8)14-12-15-16-13(20-12)19-10-5-6-18-11(10)17/h2-4,7,10H,5-6H2,1H3,(H,14,15). The molecule has 1 aromatic heterocycles. The van der Waals surface area contributed by atoms with Gasteiger partial charge in [-0.3, -0.25) is 4.79 Å². The van der Waals surface area contributed by atoms with Crippen LogP contribution in [0.25, 0.3) is 0 Å². The Labute approximate surface area is 124 Å². The van der Waals surface area contributed by atoms with E-state index in [2.05, 4.69) is 15.5 Å². The molecule has 0 amide bonds. The number of hydrogen-bond donors (Lipinski definition) is 1. The Morgan fingerprint density at radius 3 is 3.10 bits per heavy atom. The van der Waals surface area contributed by atoms with E-state index in [9.17, 15) is 4.79 Å². The molecule has 104 valence electrons. The monoisotopic (exact) mass is 307 g/mol. The molecule has 0 bridgehead atoms. The van der Waals surface area contributed by atoms with Gasteiger partial charge in [-0.15, -0.1) is 10.2 Å². The summed E-state index contributed by atoms with van der Waals surface area (Å²) in [6.45, 7) is 2.54. The first-order chi connectivity index (χ1) is 9.70. The maximum Gasteiger partial charge on any atom is 0.319 e. The average Bonchev–Trinajstić information content (AvgIpc) is 3.01. The van der Waals surface area contributed by atoms with E-state index >= 15 is 0 Å². The molecule has 0 saturated carbocycles. The van der Waals surface area contributed by atoms with E-state index in [0.29, 0.717) is 6.61 Å². The number of benzene rings is 1. The lowest BCUT2D eigenvalue weighted by atomic mass is 10.2. The second-order valence-electron chi connectivity index (χ2n) is 4.43. The molecule has 2 heterocycles. The largest absolute Gasteiger partial charge is 0.465 e. The van der Waals surface area contributed by atoms with E-state index in [-0.39, 0.29) is 11.2 Å². The van der Waals surface area contributed by atoms with E-state index in [1.807, 2.05) is 31.2 Å². The van der Waals surface area contributed by atoms with Gasteiger partial charge in [0.25, 0.3) is 0 Å². The molecule has 1 aromatic carbocycles. The fourth-order valence-corrected chi connectivity index (χ4v) is 3.85. The summed E-state index contributed by atoms with van der Waals surface area (Å²) in [6, 6.07) is 8.05.